The van der Waals surface area contributed by atoms with E-state index in [0.717, 1.165) is 0 Å². The fourth-order valence-electron chi connectivity index (χ4n) is 2.88. The van der Waals surface area contributed by atoms with E-state index in [1.807, 2.05) is 23.1 Å². The maximum atomic E-state index is 12.0. The number of nitrogen functional groups attached to an aromatic ring is 1. The number of anilines is 3. The number of aromatic nitrogens is 2. The maximum Gasteiger partial charge on any atom is 0.409 e. The van der Waals surface area contributed by atoms with Crippen LogP contribution < -0.4 is 26.2 Å². The largest absolute Gasteiger partial charge is 0.484 e. The number of piperazine rings is 1. The summed E-state index contributed by atoms with van der Waals surface area (Å²) < 4.78 is 10.4. The van der Waals surface area contributed by atoms with Gasteiger partial charge >= 0.3 is 6.09 Å². The Morgan fingerprint density at radius 3 is 2.57 bits per heavy atom. The van der Waals surface area contributed by atoms with Crippen LogP contribution in [0.3, 0.4) is 0 Å². The SMILES string of the molecule is CCOC(=O)N1CCN(c2ncnc(NNC(=O)COc3ccccc3)c2N)CC1. The van der Waals surface area contributed by atoms with Crippen molar-refractivity contribution in [2.75, 3.05) is 55.5 Å². The number of rotatable bonds is 7. The van der Waals surface area contributed by atoms with Crippen molar-refractivity contribution in [3.63, 3.8) is 0 Å². The molecule has 4 N–H and O–H groups in total. The molecule has 1 aliphatic rings. The van der Waals surface area contributed by atoms with Crippen molar-refractivity contribution < 1.29 is 19.1 Å². The minimum atomic E-state index is -0.388. The highest BCUT2D eigenvalue weighted by Gasteiger charge is 2.24. The van der Waals surface area contributed by atoms with Crippen LogP contribution in [0.1, 0.15) is 6.92 Å². The molecule has 1 fully saturated rings. The van der Waals surface area contributed by atoms with Crippen molar-refractivity contribution in [3.8, 4) is 5.75 Å². The van der Waals surface area contributed by atoms with E-state index in [1.54, 1.807) is 24.0 Å². The Morgan fingerprint density at radius 2 is 1.87 bits per heavy atom. The highest BCUT2D eigenvalue weighted by molar-refractivity contribution is 5.81. The Labute approximate surface area is 174 Å². The summed E-state index contributed by atoms with van der Waals surface area (Å²) in [6, 6.07) is 9.02. The molecule has 2 aromatic rings. The number of para-hydroxylation sites is 1. The molecule has 2 heterocycles. The molecule has 11 nitrogen and oxygen atoms in total. The van der Waals surface area contributed by atoms with Gasteiger partial charge in [-0.1, -0.05) is 18.2 Å². The van der Waals surface area contributed by atoms with E-state index in [9.17, 15) is 9.59 Å². The smallest absolute Gasteiger partial charge is 0.409 e. The van der Waals surface area contributed by atoms with E-state index in [0.29, 0.717) is 50.0 Å². The Kier molecular flexibility index (Phi) is 7.09. The molecule has 0 unspecified atom stereocenters. The van der Waals surface area contributed by atoms with Crippen molar-refractivity contribution in [1.29, 1.82) is 0 Å². The van der Waals surface area contributed by atoms with Crippen LogP contribution in [0.5, 0.6) is 5.75 Å². The van der Waals surface area contributed by atoms with E-state index >= 15 is 0 Å². The number of ether oxygens (including phenoxy) is 2. The molecule has 0 saturated carbocycles. The number of amides is 2. The number of hydrogen-bond acceptors (Lipinski definition) is 9. The van der Waals surface area contributed by atoms with Crippen LogP contribution >= 0.6 is 0 Å². The van der Waals surface area contributed by atoms with Crippen LogP contribution in [0.15, 0.2) is 36.7 Å². The van der Waals surface area contributed by atoms with Gasteiger partial charge in [0.15, 0.2) is 18.2 Å². The van der Waals surface area contributed by atoms with Crippen molar-refractivity contribution in [2.45, 2.75) is 6.92 Å². The van der Waals surface area contributed by atoms with Gasteiger partial charge in [0.2, 0.25) is 0 Å². The molecule has 0 bridgehead atoms. The van der Waals surface area contributed by atoms with Crippen molar-refractivity contribution in [2.24, 2.45) is 0 Å². The molecule has 11 heteroatoms. The molecule has 1 aromatic heterocycles. The molecule has 1 aromatic carbocycles. The normalized spacial score (nSPS) is 13.5. The summed E-state index contributed by atoms with van der Waals surface area (Å²) in [7, 11) is 0. The lowest BCUT2D eigenvalue weighted by Crippen LogP contribution is -2.49. The van der Waals surface area contributed by atoms with Gasteiger partial charge in [0.25, 0.3) is 5.91 Å². The number of benzene rings is 1. The predicted octanol–water partition coefficient (Wildman–Crippen LogP) is 0.859. The third-order valence-corrected chi connectivity index (χ3v) is 4.40. The van der Waals surface area contributed by atoms with Crippen LogP contribution in [0.25, 0.3) is 0 Å². The molecule has 1 aliphatic heterocycles. The lowest BCUT2D eigenvalue weighted by molar-refractivity contribution is -0.122. The maximum absolute atomic E-state index is 12.0. The Bertz CT molecular complexity index is 857. The van der Waals surface area contributed by atoms with Crippen LogP contribution in [-0.4, -0.2) is 66.3 Å². The van der Waals surface area contributed by atoms with Crippen LogP contribution in [0, 0.1) is 0 Å². The second-order valence-corrected chi connectivity index (χ2v) is 6.41. The number of nitrogens with zero attached hydrogens (tertiary/aromatic N) is 4. The topological polar surface area (TPSA) is 135 Å². The predicted molar refractivity (Wildman–Crippen MR) is 111 cm³/mol. The molecule has 0 radical (unpaired) electrons. The van der Waals surface area contributed by atoms with Gasteiger partial charge < -0.3 is 25.0 Å². The molecule has 0 aliphatic carbocycles. The quantitative estimate of drug-likeness (QED) is 0.563. The molecule has 30 heavy (non-hydrogen) atoms. The van der Waals surface area contributed by atoms with E-state index in [4.69, 9.17) is 15.2 Å². The summed E-state index contributed by atoms with van der Waals surface area (Å²) >= 11 is 0. The number of carbonyl (C=O) groups is 2. The first kappa shape index (κ1) is 21.0. The van der Waals surface area contributed by atoms with Crippen LogP contribution in [0.2, 0.25) is 0 Å². The van der Waals surface area contributed by atoms with Gasteiger partial charge in [0, 0.05) is 26.2 Å². The van der Waals surface area contributed by atoms with E-state index < -0.39 is 0 Å². The van der Waals surface area contributed by atoms with Crippen molar-refractivity contribution in [3.05, 3.63) is 36.7 Å². The first-order chi connectivity index (χ1) is 14.6. The summed E-state index contributed by atoms with van der Waals surface area (Å²) in [4.78, 5) is 35.8. The molecule has 0 spiro atoms. The van der Waals surface area contributed by atoms with Gasteiger partial charge in [-0.25, -0.2) is 14.8 Å². The van der Waals surface area contributed by atoms with Crippen molar-refractivity contribution in [1.82, 2.24) is 20.3 Å². The van der Waals surface area contributed by atoms with Crippen LogP contribution in [0.4, 0.5) is 22.1 Å². The Balaban J connectivity index is 1.52. The zero-order valence-electron chi connectivity index (χ0n) is 16.7. The lowest BCUT2D eigenvalue weighted by atomic mass is 10.3. The number of nitrogens with two attached hydrogens (primary N) is 1. The van der Waals surface area contributed by atoms with E-state index in [2.05, 4.69) is 20.8 Å². The molecule has 160 valence electrons. The van der Waals surface area contributed by atoms with Gasteiger partial charge in [0.05, 0.1) is 6.61 Å². The van der Waals surface area contributed by atoms with E-state index in [1.165, 1.54) is 6.33 Å². The number of carbonyl (C=O) groups excluding carboxylic acids is 2. The average Bonchev–Trinajstić information content (AvgIpc) is 2.78. The summed E-state index contributed by atoms with van der Waals surface area (Å²) in [5.41, 5.74) is 11.7. The molecular weight excluding hydrogens is 390 g/mol. The summed E-state index contributed by atoms with van der Waals surface area (Å²) in [5.74, 6) is 1.02. The van der Waals surface area contributed by atoms with Gasteiger partial charge in [-0.3, -0.25) is 15.6 Å². The van der Waals surface area contributed by atoms with Gasteiger partial charge in [-0.05, 0) is 19.1 Å². The zero-order valence-corrected chi connectivity index (χ0v) is 16.7. The molecule has 3 rings (SSSR count). The van der Waals surface area contributed by atoms with Gasteiger partial charge in [-0.15, -0.1) is 0 Å². The summed E-state index contributed by atoms with van der Waals surface area (Å²) in [5, 5.41) is 0. The standard InChI is InChI=1S/C19H25N7O4/c1-2-29-19(28)26-10-8-25(9-11-26)18-16(20)17(21-13-22-18)24-23-15(27)12-30-14-6-4-3-5-7-14/h3-7,13H,2,8-12,20H2,1H3,(H,23,27)(H,21,22,24). The highest BCUT2D eigenvalue weighted by Crippen LogP contribution is 2.26. The second-order valence-electron chi connectivity index (χ2n) is 6.41. The third-order valence-electron chi connectivity index (χ3n) is 4.40. The van der Waals surface area contributed by atoms with Crippen LogP contribution in [-0.2, 0) is 9.53 Å². The van der Waals surface area contributed by atoms with Gasteiger partial charge in [-0.2, -0.15) is 0 Å². The fraction of sp³-hybridized carbons (Fsp3) is 0.368. The number of hydrogen-bond donors (Lipinski definition) is 3. The third kappa shape index (κ3) is 5.40. The Morgan fingerprint density at radius 1 is 1.13 bits per heavy atom. The second kappa shape index (κ2) is 10.1. The van der Waals surface area contributed by atoms with Crippen molar-refractivity contribution >= 4 is 29.3 Å². The highest BCUT2D eigenvalue weighted by atomic mass is 16.6. The van der Waals surface area contributed by atoms with E-state index in [-0.39, 0.29) is 24.4 Å². The minimum Gasteiger partial charge on any atom is -0.484 e. The lowest BCUT2D eigenvalue weighted by Gasteiger charge is -2.35. The summed E-state index contributed by atoms with van der Waals surface area (Å²) in [6.45, 7) is 4.06. The number of hydrazine groups is 1. The number of nitrogens with one attached hydrogen (secondary N) is 2. The summed E-state index contributed by atoms with van der Waals surface area (Å²) in [6.07, 6.45) is 1.04. The molecule has 1 saturated heterocycles. The minimum absolute atomic E-state index is 0.162. The molecule has 0 atom stereocenters. The monoisotopic (exact) mass is 415 g/mol. The Hall–Kier alpha value is -3.76. The zero-order chi connectivity index (χ0) is 21.3. The molecule has 2 amide bonds. The molecular formula is C19H25N7O4. The first-order valence-electron chi connectivity index (χ1n) is 9.58. The fourth-order valence-corrected chi connectivity index (χ4v) is 2.88. The first-order valence-corrected chi connectivity index (χ1v) is 9.58. The average molecular weight is 415 g/mol. The van der Waals surface area contributed by atoms with Gasteiger partial charge in [0.1, 0.15) is 17.8 Å².